The van der Waals surface area contributed by atoms with E-state index in [4.69, 9.17) is 10.5 Å². The Kier molecular flexibility index (Phi) is 3.88. The number of para-hydroxylation sites is 2. The van der Waals surface area contributed by atoms with E-state index in [0.29, 0.717) is 18.2 Å². The van der Waals surface area contributed by atoms with E-state index in [2.05, 4.69) is 0 Å². The van der Waals surface area contributed by atoms with Crippen LogP contribution >= 0.6 is 0 Å². The van der Waals surface area contributed by atoms with Gasteiger partial charge in [0.05, 0.1) is 17.1 Å². The van der Waals surface area contributed by atoms with Crippen LogP contribution < -0.4 is 14.8 Å². The summed E-state index contributed by atoms with van der Waals surface area (Å²) in [6, 6.07) is 8.07. The summed E-state index contributed by atoms with van der Waals surface area (Å²) in [5, 5.41) is 0. The number of rotatable bonds is 3. The summed E-state index contributed by atoms with van der Waals surface area (Å²) in [4.78, 5) is 10.9. The minimum absolute atomic E-state index is 0.132. The maximum atomic E-state index is 13.4. The molecule has 0 aliphatic carbocycles. The van der Waals surface area contributed by atoms with Gasteiger partial charge in [-0.2, -0.15) is 0 Å². The van der Waals surface area contributed by atoms with Crippen molar-refractivity contribution in [2.24, 2.45) is 5.73 Å². The van der Waals surface area contributed by atoms with Gasteiger partial charge in [0, 0.05) is 6.07 Å². The summed E-state index contributed by atoms with van der Waals surface area (Å²) in [6.07, 6.45) is -1.21. The maximum absolute atomic E-state index is 13.4. The summed E-state index contributed by atoms with van der Waals surface area (Å²) < 4.78 is 58.7. The first kappa shape index (κ1) is 16.2. The van der Waals surface area contributed by atoms with E-state index < -0.39 is 45.1 Å². The number of fused-ring (bicyclic) bond motifs is 1. The molecule has 0 radical (unpaired) electrons. The molecular weight excluding hydrogens is 342 g/mol. The number of nitrogens with zero attached hydrogens (tertiary/aromatic N) is 1. The van der Waals surface area contributed by atoms with Gasteiger partial charge in [0.15, 0.2) is 6.10 Å². The summed E-state index contributed by atoms with van der Waals surface area (Å²) in [5.74, 6) is -2.77. The topological polar surface area (TPSA) is 89.7 Å². The minimum Gasteiger partial charge on any atom is -0.476 e. The first-order valence-electron chi connectivity index (χ1n) is 6.83. The molecule has 2 N–H and O–H groups in total. The largest absolute Gasteiger partial charge is 0.476 e. The number of ether oxygens (including phenoxy) is 1. The van der Waals surface area contributed by atoms with Crippen LogP contribution in [0.3, 0.4) is 0 Å². The third-order valence-electron chi connectivity index (χ3n) is 3.48. The standard InChI is InChI=1S/C15H12F2N2O4S/c16-9-5-10(17)7-11(6-9)24(21,22)19-8-14(15(18)20)23-13-4-2-1-3-12(13)19/h1-7,14H,8H2,(H2,18,20)/t14-/m1/s1. The van der Waals surface area contributed by atoms with Crippen molar-refractivity contribution in [1.29, 1.82) is 0 Å². The van der Waals surface area contributed by atoms with E-state index in [1.807, 2.05) is 0 Å². The zero-order valence-corrected chi connectivity index (χ0v) is 13.0. The molecule has 6 nitrogen and oxygen atoms in total. The molecule has 2 aromatic rings. The molecule has 0 aromatic heterocycles. The van der Waals surface area contributed by atoms with Crippen LogP contribution in [0.1, 0.15) is 0 Å². The number of halogens is 2. The Bertz CT molecular complexity index is 897. The second-order valence-electron chi connectivity index (χ2n) is 5.12. The molecular formula is C15H12F2N2O4S. The predicted octanol–water partition coefficient (Wildman–Crippen LogP) is 1.41. The lowest BCUT2D eigenvalue weighted by atomic mass is 10.2. The van der Waals surface area contributed by atoms with Gasteiger partial charge in [0.25, 0.3) is 15.9 Å². The fraction of sp³-hybridized carbons (Fsp3) is 0.133. The van der Waals surface area contributed by atoms with E-state index in [1.165, 1.54) is 12.1 Å². The minimum atomic E-state index is -4.32. The molecule has 0 spiro atoms. The molecule has 0 fully saturated rings. The number of carbonyl (C=O) groups is 1. The van der Waals surface area contributed by atoms with E-state index in [1.54, 1.807) is 12.1 Å². The lowest BCUT2D eigenvalue weighted by Gasteiger charge is -2.34. The summed E-state index contributed by atoms with van der Waals surface area (Å²) in [5.41, 5.74) is 5.36. The smallest absolute Gasteiger partial charge is 0.264 e. The summed E-state index contributed by atoms with van der Waals surface area (Å²) in [6.45, 7) is -0.396. The molecule has 0 unspecified atom stereocenters. The number of amides is 1. The van der Waals surface area contributed by atoms with Gasteiger partial charge in [-0.1, -0.05) is 12.1 Å². The van der Waals surface area contributed by atoms with Crippen LogP contribution in [0, 0.1) is 11.6 Å². The zero-order valence-electron chi connectivity index (χ0n) is 12.1. The molecule has 0 bridgehead atoms. The Balaban J connectivity index is 2.14. The molecule has 1 aliphatic rings. The van der Waals surface area contributed by atoms with Crippen LogP contribution in [-0.4, -0.2) is 27.0 Å². The van der Waals surface area contributed by atoms with E-state index in [-0.39, 0.29) is 11.4 Å². The molecule has 1 aliphatic heterocycles. The van der Waals surface area contributed by atoms with Crippen LogP contribution in [0.2, 0.25) is 0 Å². The van der Waals surface area contributed by atoms with Crippen molar-refractivity contribution in [1.82, 2.24) is 0 Å². The first-order valence-corrected chi connectivity index (χ1v) is 8.27. The lowest BCUT2D eigenvalue weighted by molar-refractivity contribution is -0.124. The molecule has 24 heavy (non-hydrogen) atoms. The third-order valence-corrected chi connectivity index (χ3v) is 5.23. The molecule has 1 atom stereocenters. The zero-order chi connectivity index (χ0) is 17.5. The number of hydrogen-bond acceptors (Lipinski definition) is 4. The van der Waals surface area contributed by atoms with Gasteiger partial charge in [0.1, 0.15) is 17.4 Å². The van der Waals surface area contributed by atoms with Crippen molar-refractivity contribution in [3.8, 4) is 5.75 Å². The molecule has 0 saturated carbocycles. The van der Waals surface area contributed by atoms with Gasteiger partial charge in [-0.3, -0.25) is 9.10 Å². The van der Waals surface area contributed by atoms with Crippen molar-refractivity contribution in [3.05, 3.63) is 54.1 Å². The Hall–Kier alpha value is -2.68. The predicted molar refractivity (Wildman–Crippen MR) is 80.9 cm³/mol. The number of hydrogen-bond donors (Lipinski definition) is 1. The lowest BCUT2D eigenvalue weighted by Crippen LogP contribution is -2.49. The highest BCUT2D eigenvalue weighted by Gasteiger charge is 2.36. The average molecular weight is 354 g/mol. The fourth-order valence-corrected chi connectivity index (χ4v) is 3.90. The number of carbonyl (C=O) groups excluding carboxylic acids is 1. The van der Waals surface area contributed by atoms with Crippen LogP contribution in [0.4, 0.5) is 14.5 Å². The second-order valence-corrected chi connectivity index (χ2v) is 6.98. The van der Waals surface area contributed by atoms with Crippen LogP contribution in [0.5, 0.6) is 5.75 Å². The van der Waals surface area contributed by atoms with Crippen LogP contribution in [0.15, 0.2) is 47.4 Å². The van der Waals surface area contributed by atoms with Gasteiger partial charge >= 0.3 is 0 Å². The molecule has 1 amide bonds. The highest BCUT2D eigenvalue weighted by atomic mass is 32.2. The Morgan fingerprint density at radius 3 is 2.42 bits per heavy atom. The van der Waals surface area contributed by atoms with E-state index >= 15 is 0 Å². The average Bonchev–Trinajstić information content (AvgIpc) is 2.52. The molecule has 126 valence electrons. The SMILES string of the molecule is NC(=O)[C@H]1CN(S(=O)(=O)c2cc(F)cc(F)c2)c2ccccc2O1. The van der Waals surface area contributed by atoms with Crippen LogP contribution in [-0.2, 0) is 14.8 Å². The summed E-state index contributed by atoms with van der Waals surface area (Å²) >= 11 is 0. The molecule has 1 heterocycles. The quantitative estimate of drug-likeness (QED) is 0.902. The molecule has 3 rings (SSSR count). The maximum Gasteiger partial charge on any atom is 0.264 e. The highest BCUT2D eigenvalue weighted by Crippen LogP contribution is 2.36. The number of benzene rings is 2. The van der Waals surface area contributed by atoms with Crippen molar-refractivity contribution in [2.45, 2.75) is 11.0 Å². The van der Waals surface area contributed by atoms with Gasteiger partial charge in [-0.15, -0.1) is 0 Å². The molecule has 2 aromatic carbocycles. The molecule has 9 heteroatoms. The van der Waals surface area contributed by atoms with Gasteiger partial charge in [0.2, 0.25) is 0 Å². The van der Waals surface area contributed by atoms with Gasteiger partial charge in [-0.25, -0.2) is 17.2 Å². The second kappa shape index (κ2) is 5.75. The van der Waals surface area contributed by atoms with E-state index in [0.717, 1.165) is 4.31 Å². The van der Waals surface area contributed by atoms with Crippen molar-refractivity contribution in [3.63, 3.8) is 0 Å². The Labute approximate surface area is 136 Å². The number of nitrogens with two attached hydrogens (primary N) is 1. The van der Waals surface area contributed by atoms with Crippen molar-refractivity contribution >= 4 is 21.6 Å². The Morgan fingerprint density at radius 1 is 1.17 bits per heavy atom. The fourth-order valence-electron chi connectivity index (χ4n) is 2.38. The highest BCUT2D eigenvalue weighted by molar-refractivity contribution is 7.92. The van der Waals surface area contributed by atoms with Crippen molar-refractivity contribution in [2.75, 3.05) is 10.8 Å². The number of anilines is 1. The number of sulfonamides is 1. The molecule has 0 saturated heterocycles. The first-order chi connectivity index (χ1) is 11.3. The normalized spacial score (nSPS) is 17.1. The van der Waals surface area contributed by atoms with E-state index in [9.17, 15) is 22.0 Å². The van der Waals surface area contributed by atoms with Crippen LogP contribution in [0.25, 0.3) is 0 Å². The van der Waals surface area contributed by atoms with Gasteiger partial charge in [-0.05, 0) is 24.3 Å². The third kappa shape index (κ3) is 2.78. The Morgan fingerprint density at radius 2 is 1.79 bits per heavy atom. The van der Waals surface area contributed by atoms with Gasteiger partial charge < -0.3 is 10.5 Å². The number of primary amides is 1. The van der Waals surface area contributed by atoms with Crippen molar-refractivity contribution < 1.29 is 26.7 Å². The monoisotopic (exact) mass is 354 g/mol. The summed E-state index contributed by atoms with van der Waals surface area (Å²) in [7, 11) is -4.32.